The summed E-state index contributed by atoms with van der Waals surface area (Å²) in [4.78, 5) is 0.310. The fourth-order valence-corrected chi connectivity index (χ4v) is 4.18. The molecule has 1 aliphatic heterocycles. The van der Waals surface area contributed by atoms with E-state index in [1.165, 1.54) is 0 Å². The Kier molecular flexibility index (Phi) is 4.31. The van der Waals surface area contributed by atoms with E-state index in [0.29, 0.717) is 24.0 Å². The molecule has 0 radical (unpaired) electrons. The van der Waals surface area contributed by atoms with Crippen LogP contribution in [0.3, 0.4) is 0 Å². The third-order valence-electron chi connectivity index (χ3n) is 4.20. The van der Waals surface area contributed by atoms with Gasteiger partial charge in [0.15, 0.2) is 0 Å². The molecule has 2 atom stereocenters. The Morgan fingerprint density at radius 1 is 1.19 bits per heavy atom. The number of nitrogens with two attached hydrogens (primary N) is 1. The summed E-state index contributed by atoms with van der Waals surface area (Å²) in [6.45, 7) is 1.20. The Balaban J connectivity index is 1.70. The van der Waals surface area contributed by atoms with Gasteiger partial charge in [-0.15, -0.1) is 0 Å². The van der Waals surface area contributed by atoms with Crippen molar-refractivity contribution in [2.45, 2.75) is 42.7 Å². The number of hydrogen-bond donors (Lipinski definition) is 2. The normalized spacial score (nSPS) is 26.1. The lowest BCUT2D eigenvalue weighted by Gasteiger charge is -2.19. The summed E-state index contributed by atoms with van der Waals surface area (Å²) in [6, 6.07) is 6.85. The maximum absolute atomic E-state index is 12.5. The molecule has 0 amide bonds. The van der Waals surface area contributed by atoms with E-state index in [-0.39, 0.29) is 12.1 Å². The average Bonchev–Trinajstić information content (AvgIpc) is 3.20. The average molecular weight is 310 g/mol. The van der Waals surface area contributed by atoms with Gasteiger partial charge in [-0.3, -0.25) is 0 Å². The molecule has 1 saturated carbocycles. The second-order valence-electron chi connectivity index (χ2n) is 5.87. The lowest BCUT2D eigenvalue weighted by Crippen LogP contribution is -2.41. The van der Waals surface area contributed by atoms with E-state index in [9.17, 15) is 8.42 Å². The van der Waals surface area contributed by atoms with E-state index in [1.54, 1.807) is 12.1 Å². The number of nitrogens with one attached hydrogen (secondary N) is 1. The maximum atomic E-state index is 12.5. The second-order valence-corrected chi connectivity index (χ2v) is 7.59. The van der Waals surface area contributed by atoms with Crippen LogP contribution < -0.4 is 10.5 Å². The van der Waals surface area contributed by atoms with Gasteiger partial charge in [0.2, 0.25) is 10.0 Å². The van der Waals surface area contributed by atoms with Crippen molar-refractivity contribution in [3.05, 3.63) is 29.8 Å². The van der Waals surface area contributed by atoms with E-state index >= 15 is 0 Å². The highest BCUT2D eigenvalue weighted by Gasteiger charge is 2.42. The number of sulfonamides is 1. The zero-order chi connectivity index (χ0) is 14.9. The minimum absolute atomic E-state index is 0.0521. The quantitative estimate of drug-likeness (QED) is 0.822. The van der Waals surface area contributed by atoms with Crippen LogP contribution in [0.1, 0.15) is 24.8 Å². The summed E-state index contributed by atoms with van der Waals surface area (Å²) in [5, 5.41) is 0. The van der Waals surface area contributed by atoms with Crippen molar-refractivity contribution in [2.75, 3.05) is 13.2 Å². The van der Waals surface area contributed by atoms with Crippen molar-refractivity contribution in [3.8, 4) is 0 Å². The van der Waals surface area contributed by atoms with E-state index in [0.717, 1.165) is 31.2 Å². The molecule has 3 rings (SSSR count). The Bertz CT molecular complexity index is 581. The van der Waals surface area contributed by atoms with Crippen LogP contribution in [0.2, 0.25) is 0 Å². The first kappa shape index (κ1) is 15.0. The van der Waals surface area contributed by atoms with Crippen LogP contribution in [-0.2, 0) is 21.2 Å². The summed E-state index contributed by atoms with van der Waals surface area (Å²) in [6.07, 6.45) is 3.86. The first-order valence-corrected chi connectivity index (χ1v) is 9.01. The highest BCUT2D eigenvalue weighted by molar-refractivity contribution is 7.89. The molecular formula is C15H22N2O3S. The standard InChI is InChI=1S/C15H22N2O3S/c16-9-7-11-1-5-13(6-2-11)21(18,19)17-14-8-10-20-15(14)12-3-4-12/h1-2,5-6,12,14-15,17H,3-4,7-10,16H2. The molecule has 1 heterocycles. The van der Waals surface area contributed by atoms with Crippen LogP contribution in [0, 0.1) is 5.92 Å². The van der Waals surface area contributed by atoms with Crippen molar-refractivity contribution in [3.63, 3.8) is 0 Å². The van der Waals surface area contributed by atoms with Crippen molar-refractivity contribution >= 4 is 10.0 Å². The molecule has 3 N–H and O–H groups in total. The molecule has 1 aromatic carbocycles. The summed E-state index contributed by atoms with van der Waals surface area (Å²) in [5.74, 6) is 0.534. The van der Waals surface area contributed by atoms with Gasteiger partial charge in [-0.25, -0.2) is 13.1 Å². The minimum Gasteiger partial charge on any atom is -0.376 e. The fraction of sp³-hybridized carbons (Fsp3) is 0.600. The summed E-state index contributed by atoms with van der Waals surface area (Å²) in [5.41, 5.74) is 6.55. The molecule has 2 aliphatic rings. The van der Waals surface area contributed by atoms with Crippen LogP contribution in [0.5, 0.6) is 0 Å². The molecule has 1 aliphatic carbocycles. The highest BCUT2D eigenvalue weighted by atomic mass is 32.2. The van der Waals surface area contributed by atoms with E-state index in [2.05, 4.69) is 4.72 Å². The predicted molar refractivity (Wildman–Crippen MR) is 80.4 cm³/mol. The molecule has 0 spiro atoms. The zero-order valence-corrected chi connectivity index (χ0v) is 12.8. The molecular weight excluding hydrogens is 288 g/mol. The predicted octanol–water partition coefficient (Wildman–Crippen LogP) is 1.03. The number of benzene rings is 1. The molecule has 116 valence electrons. The van der Waals surface area contributed by atoms with Gasteiger partial charge in [-0.05, 0) is 55.8 Å². The van der Waals surface area contributed by atoms with Crippen molar-refractivity contribution in [1.82, 2.24) is 4.72 Å². The third-order valence-corrected chi connectivity index (χ3v) is 5.70. The second kappa shape index (κ2) is 6.04. The summed E-state index contributed by atoms with van der Waals surface area (Å²) in [7, 11) is -3.48. The number of rotatable bonds is 6. The van der Waals surface area contributed by atoms with Crippen LogP contribution in [0.25, 0.3) is 0 Å². The molecule has 5 nitrogen and oxygen atoms in total. The fourth-order valence-electron chi connectivity index (χ4n) is 2.90. The van der Waals surface area contributed by atoms with Gasteiger partial charge in [0.25, 0.3) is 0 Å². The molecule has 6 heteroatoms. The van der Waals surface area contributed by atoms with Gasteiger partial charge < -0.3 is 10.5 Å². The summed E-state index contributed by atoms with van der Waals surface area (Å²) < 4.78 is 33.4. The van der Waals surface area contributed by atoms with Crippen LogP contribution in [-0.4, -0.2) is 33.7 Å². The maximum Gasteiger partial charge on any atom is 0.240 e. The lowest BCUT2D eigenvalue weighted by molar-refractivity contribution is 0.0848. The molecule has 21 heavy (non-hydrogen) atoms. The SMILES string of the molecule is NCCc1ccc(S(=O)(=O)NC2CCOC2C2CC2)cc1. The van der Waals surface area contributed by atoms with Gasteiger partial charge in [0.1, 0.15) is 0 Å². The van der Waals surface area contributed by atoms with Crippen LogP contribution >= 0.6 is 0 Å². The molecule has 0 aromatic heterocycles. The Hall–Kier alpha value is -0.950. The molecule has 0 bridgehead atoms. The van der Waals surface area contributed by atoms with Crippen molar-refractivity contribution in [2.24, 2.45) is 11.7 Å². The minimum atomic E-state index is -3.48. The van der Waals surface area contributed by atoms with E-state index in [4.69, 9.17) is 10.5 Å². The van der Waals surface area contributed by atoms with Crippen LogP contribution in [0.4, 0.5) is 0 Å². The largest absolute Gasteiger partial charge is 0.376 e. The van der Waals surface area contributed by atoms with E-state index < -0.39 is 10.0 Å². The Labute approximate surface area is 125 Å². The zero-order valence-electron chi connectivity index (χ0n) is 12.0. The molecule has 1 aromatic rings. The molecule has 2 fully saturated rings. The van der Waals surface area contributed by atoms with Gasteiger partial charge in [0.05, 0.1) is 17.0 Å². The summed E-state index contributed by atoms with van der Waals surface area (Å²) >= 11 is 0. The van der Waals surface area contributed by atoms with Crippen LogP contribution in [0.15, 0.2) is 29.2 Å². The van der Waals surface area contributed by atoms with Gasteiger partial charge >= 0.3 is 0 Å². The van der Waals surface area contributed by atoms with Crippen molar-refractivity contribution in [1.29, 1.82) is 0 Å². The van der Waals surface area contributed by atoms with Gasteiger partial charge in [-0.1, -0.05) is 12.1 Å². The highest BCUT2D eigenvalue weighted by Crippen LogP contribution is 2.39. The Morgan fingerprint density at radius 3 is 2.52 bits per heavy atom. The molecule has 1 saturated heterocycles. The van der Waals surface area contributed by atoms with Gasteiger partial charge in [-0.2, -0.15) is 0 Å². The van der Waals surface area contributed by atoms with Crippen molar-refractivity contribution < 1.29 is 13.2 Å². The topological polar surface area (TPSA) is 81.4 Å². The first-order valence-electron chi connectivity index (χ1n) is 7.53. The monoisotopic (exact) mass is 310 g/mol. The van der Waals surface area contributed by atoms with E-state index in [1.807, 2.05) is 12.1 Å². The lowest BCUT2D eigenvalue weighted by atomic mass is 10.1. The van der Waals surface area contributed by atoms with Gasteiger partial charge in [0, 0.05) is 6.61 Å². The Morgan fingerprint density at radius 2 is 1.90 bits per heavy atom. The first-order chi connectivity index (χ1) is 10.1. The molecule has 2 unspecified atom stereocenters. The smallest absolute Gasteiger partial charge is 0.240 e. The number of ether oxygens (including phenoxy) is 1. The number of hydrogen-bond acceptors (Lipinski definition) is 4. The third kappa shape index (κ3) is 3.45.